The van der Waals surface area contributed by atoms with Crippen LogP contribution in [0.15, 0.2) is 72.8 Å². The highest BCUT2D eigenvalue weighted by Gasteiger charge is 2.29. The van der Waals surface area contributed by atoms with E-state index in [9.17, 15) is 20.0 Å². The number of carboxylic acids is 1. The number of aliphatic carboxylic acids is 1. The Hall–Kier alpha value is -4.11. The maximum absolute atomic E-state index is 12.6. The van der Waals surface area contributed by atoms with Crippen LogP contribution >= 0.6 is 0 Å². The summed E-state index contributed by atoms with van der Waals surface area (Å²) in [5, 5.41) is 21.2. The van der Waals surface area contributed by atoms with Crippen molar-refractivity contribution in [3.63, 3.8) is 0 Å². The topological polar surface area (TPSA) is 99.4 Å². The van der Waals surface area contributed by atoms with Crippen molar-refractivity contribution in [2.75, 3.05) is 6.61 Å². The highest BCUT2D eigenvalue weighted by molar-refractivity contribution is 5.79. The van der Waals surface area contributed by atoms with Gasteiger partial charge < -0.3 is 15.2 Å². The molecule has 0 heterocycles. The van der Waals surface area contributed by atoms with Gasteiger partial charge in [0.2, 0.25) is 0 Å². The maximum atomic E-state index is 12.6. The molecule has 6 heteroatoms. The number of fused-ring (bicyclic) bond motifs is 3. The number of amides is 1. The molecule has 3 aromatic carbocycles. The number of alkyl carbamates (subject to hydrolysis) is 1. The normalized spacial score (nSPS) is 12.8. The number of nitriles is 1. The largest absolute Gasteiger partial charge is 0.481 e. The highest BCUT2D eigenvalue weighted by atomic mass is 16.5. The van der Waals surface area contributed by atoms with Gasteiger partial charge in [-0.15, -0.1) is 0 Å². The number of ether oxygens (including phenoxy) is 1. The van der Waals surface area contributed by atoms with Crippen LogP contribution in [0.1, 0.15) is 34.6 Å². The van der Waals surface area contributed by atoms with Gasteiger partial charge in [0, 0.05) is 12.0 Å². The second-order valence-corrected chi connectivity index (χ2v) is 7.74. The zero-order valence-corrected chi connectivity index (χ0v) is 17.3. The van der Waals surface area contributed by atoms with Crippen molar-refractivity contribution in [2.24, 2.45) is 0 Å². The summed E-state index contributed by atoms with van der Waals surface area (Å²) in [5.74, 6) is -1.12. The molecule has 0 spiro atoms. The van der Waals surface area contributed by atoms with Gasteiger partial charge in [-0.1, -0.05) is 66.7 Å². The molecule has 1 aliphatic carbocycles. The van der Waals surface area contributed by atoms with Crippen LogP contribution in [0.3, 0.4) is 0 Å². The fraction of sp³-hybridized carbons (Fsp3) is 0.192. The summed E-state index contributed by atoms with van der Waals surface area (Å²) in [4.78, 5) is 23.9. The van der Waals surface area contributed by atoms with E-state index in [0.29, 0.717) is 11.1 Å². The molecule has 0 aliphatic heterocycles. The number of benzene rings is 3. The van der Waals surface area contributed by atoms with Crippen molar-refractivity contribution in [1.82, 2.24) is 5.32 Å². The Morgan fingerprint density at radius 2 is 1.56 bits per heavy atom. The molecular formula is C26H22N2O4. The summed E-state index contributed by atoms with van der Waals surface area (Å²) < 4.78 is 5.54. The standard InChI is InChI=1S/C26H22N2O4/c27-15-18-8-2-1-7-17(18)13-19(14-25(29)30)28-26(31)32-16-24-22-11-5-3-9-20(22)21-10-4-6-12-23(21)24/h1-12,19,24H,13-14,16H2,(H,28,31)(H,29,30)/t19-/m1/s1. The summed E-state index contributed by atoms with van der Waals surface area (Å²) in [7, 11) is 0. The van der Waals surface area contributed by atoms with Crippen LogP contribution in [0.4, 0.5) is 4.79 Å². The quantitative estimate of drug-likeness (QED) is 0.580. The van der Waals surface area contributed by atoms with E-state index in [1.807, 2.05) is 36.4 Å². The lowest BCUT2D eigenvalue weighted by Crippen LogP contribution is -2.39. The van der Waals surface area contributed by atoms with Gasteiger partial charge in [-0.05, 0) is 40.3 Å². The number of rotatable bonds is 7. The van der Waals surface area contributed by atoms with Crippen LogP contribution < -0.4 is 5.32 Å². The van der Waals surface area contributed by atoms with Crippen LogP contribution in [0.25, 0.3) is 11.1 Å². The number of carboxylic acid groups (broad SMARTS) is 1. The van der Waals surface area contributed by atoms with Crippen molar-refractivity contribution < 1.29 is 19.4 Å². The molecule has 0 bridgehead atoms. The van der Waals surface area contributed by atoms with Gasteiger partial charge in [0.1, 0.15) is 6.61 Å². The van der Waals surface area contributed by atoms with Crippen molar-refractivity contribution in [1.29, 1.82) is 5.26 Å². The van der Waals surface area contributed by atoms with Gasteiger partial charge in [0.25, 0.3) is 0 Å². The average Bonchev–Trinajstić information content (AvgIpc) is 3.11. The number of nitrogens with zero attached hydrogens (tertiary/aromatic N) is 1. The molecular weight excluding hydrogens is 404 g/mol. The predicted octanol–water partition coefficient (Wildman–Crippen LogP) is 4.48. The van der Waals surface area contributed by atoms with E-state index in [4.69, 9.17) is 4.74 Å². The van der Waals surface area contributed by atoms with E-state index in [1.165, 1.54) is 0 Å². The summed E-state index contributed by atoms with van der Waals surface area (Å²) in [6.07, 6.45) is -0.725. The monoisotopic (exact) mass is 426 g/mol. The Morgan fingerprint density at radius 3 is 2.19 bits per heavy atom. The molecule has 0 unspecified atom stereocenters. The number of nitrogens with one attached hydrogen (secondary N) is 1. The molecule has 4 rings (SSSR count). The van der Waals surface area contributed by atoms with E-state index >= 15 is 0 Å². The van der Waals surface area contributed by atoms with Gasteiger partial charge in [-0.3, -0.25) is 4.79 Å². The molecule has 160 valence electrons. The fourth-order valence-electron chi connectivity index (χ4n) is 4.26. The van der Waals surface area contributed by atoms with Gasteiger partial charge in [0.05, 0.1) is 18.1 Å². The summed E-state index contributed by atoms with van der Waals surface area (Å²) >= 11 is 0. The molecule has 0 radical (unpaired) electrons. The lowest BCUT2D eigenvalue weighted by atomic mass is 9.98. The Kier molecular flexibility index (Phi) is 6.18. The molecule has 3 aromatic rings. The first kappa shape index (κ1) is 21.1. The van der Waals surface area contributed by atoms with Crippen LogP contribution in [0, 0.1) is 11.3 Å². The predicted molar refractivity (Wildman–Crippen MR) is 119 cm³/mol. The van der Waals surface area contributed by atoms with E-state index in [1.54, 1.807) is 24.3 Å². The van der Waals surface area contributed by atoms with Crippen LogP contribution in [-0.4, -0.2) is 29.8 Å². The molecule has 2 N–H and O–H groups in total. The molecule has 0 saturated heterocycles. The first-order valence-corrected chi connectivity index (χ1v) is 10.4. The second-order valence-electron chi connectivity index (χ2n) is 7.74. The SMILES string of the molecule is N#Cc1ccccc1C[C@H](CC(=O)O)NC(=O)OCC1c2ccccc2-c2ccccc21. The van der Waals surface area contributed by atoms with Crippen molar-refractivity contribution >= 4 is 12.1 Å². The van der Waals surface area contributed by atoms with Gasteiger partial charge in [0.15, 0.2) is 0 Å². The molecule has 0 fully saturated rings. The Balaban J connectivity index is 1.45. The van der Waals surface area contributed by atoms with Crippen LogP contribution in [-0.2, 0) is 16.0 Å². The third-order valence-corrected chi connectivity index (χ3v) is 5.69. The molecule has 1 atom stereocenters. The van der Waals surface area contributed by atoms with E-state index < -0.39 is 18.1 Å². The third kappa shape index (κ3) is 4.47. The van der Waals surface area contributed by atoms with Crippen molar-refractivity contribution in [2.45, 2.75) is 24.8 Å². The van der Waals surface area contributed by atoms with E-state index in [2.05, 4.69) is 23.5 Å². The first-order chi connectivity index (χ1) is 15.6. The minimum atomic E-state index is -1.04. The third-order valence-electron chi connectivity index (χ3n) is 5.69. The number of carbonyl (C=O) groups is 2. The number of hydrogen-bond donors (Lipinski definition) is 2. The van der Waals surface area contributed by atoms with Crippen LogP contribution in [0.2, 0.25) is 0 Å². The number of carbonyl (C=O) groups excluding carboxylic acids is 1. The maximum Gasteiger partial charge on any atom is 0.407 e. The lowest BCUT2D eigenvalue weighted by molar-refractivity contribution is -0.137. The zero-order valence-electron chi connectivity index (χ0n) is 17.3. The molecule has 1 aliphatic rings. The second kappa shape index (κ2) is 9.36. The number of hydrogen-bond acceptors (Lipinski definition) is 4. The molecule has 32 heavy (non-hydrogen) atoms. The molecule has 0 saturated carbocycles. The van der Waals surface area contributed by atoms with Crippen LogP contribution in [0.5, 0.6) is 0 Å². The lowest BCUT2D eigenvalue weighted by Gasteiger charge is -2.19. The smallest absolute Gasteiger partial charge is 0.407 e. The Bertz CT molecular complexity index is 1150. The summed E-state index contributed by atoms with van der Waals surface area (Å²) in [6, 6.07) is 24.4. The van der Waals surface area contributed by atoms with Crippen molar-refractivity contribution in [3.8, 4) is 17.2 Å². The molecule has 6 nitrogen and oxygen atoms in total. The van der Waals surface area contributed by atoms with Crippen molar-refractivity contribution in [3.05, 3.63) is 95.1 Å². The first-order valence-electron chi connectivity index (χ1n) is 10.4. The minimum Gasteiger partial charge on any atom is -0.481 e. The molecule has 1 amide bonds. The summed E-state index contributed by atoms with van der Waals surface area (Å²) in [6.45, 7) is 0.147. The zero-order chi connectivity index (χ0) is 22.5. The van der Waals surface area contributed by atoms with Gasteiger partial charge in [-0.25, -0.2) is 4.79 Å². The fourth-order valence-corrected chi connectivity index (χ4v) is 4.26. The Labute approximate surface area is 186 Å². The summed E-state index contributed by atoms with van der Waals surface area (Å²) in [5.41, 5.74) is 5.61. The minimum absolute atomic E-state index is 0.0783. The van der Waals surface area contributed by atoms with Gasteiger partial charge >= 0.3 is 12.1 Å². The highest BCUT2D eigenvalue weighted by Crippen LogP contribution is 2.44. The molecule has 0 aromatic heterocycles. The van der Waals surface area contributed by atoms with E-state index in [0.717, 1.165) is 22.3 Å². The van der Waals surface area contributed by atoms with E-state index in [-0.39, 0.29) is 25.4 Å². The average molecular weight is 426 g/mol. The Morgan fingerprint density at radius 1 is 0.969 bits per heavy atom. The van der Waals surface area contributed by atoms with Gasteiger partial charge in [-0.2, -0.15) is 5.26 Å².